The van der Waals surface area contributed by atoms with E-state index >= 15 is 0 Å². The summed E-state index contributed by atoms with van der Waals surface area (Å²) in [6.45, 7) is 3.69. The standard InChI is InChI=1S/C14H19N3O3.ClH/c1-10-4-5-12(17(19)20)7-13(10)14(18)16-6-2-3-11(8-15)9-16;/h4-5,7,11H,2-3,6,8-9,15H2,1H3;1H. The number of amides is 1. The van der Waals surface area contributed by atoms with E-state index in [1.54, 1.807) is 17.9 Å². The second kappa shape index (κ2) is 7.38. The fourth-order valence-corrected chi connectivity index (χ4v) is 2.57. The molecule has 1 amide bonds. The first-order valence-electron chi connectivity index (χ1n) is 6.77. The molecular formula is C14H20ClN3O3. The van der Waals surface area contributed by atoms with E-state index in [-0.39, 0.29) is 24.0 Å². The van der Waals surface area contributed by atoms with E-state index in [1.165, 1.54) is 12.1 Å². The molecular weight excluding hydrogens is 294 g/mol. The molecule has 1 saturated heterocycles. The van der Waals surface area contributed by atoms with Crippen molar-refractivity contribution in [2.75, 3.05) is 19.6 Å². The molecule has 1 fully saturated rings. The fourth-order valence-electron chi connectivity index (χ4n) is 2.57. The van der Waals surface area contributed by atoms with Gasteiger partial charge in [-0.2, -0.15) is 0 Å². The van der Waals surface area contributed by atoms with E-state index in [0.29, 0.717) is 31.1 Å². The zero-order valence-electron chi connectivity index (χ0n) is 11.9. The summed E-state index contributed by atoms with van der Waals surface area (Å²) in [7, 11) is 0. The Morgan fingerprint density at radius 3 is 2.86 bits per heavy atom. The van der Waals surface area contributed by atoms with E-state index in [9.17, 15) is 14.9 Å². The maximum atomic E-state index is 12.5. The monoisotopic (exact) mass is 313 g/mol. The highest BCUT2D eigenvalue weighted by atomic mass is 35.5. The van der Waals surface area contributed by atoms with E-state index in [0.717, 1.165) is 18.4 Å². The van der Waals surface area contributed by atoms with Crippen LogP contribution in [0.2, 0.25) is 0 Å². The highest BCUT2D eigenvalue weighted by Crippen LogP contribution is 2.22. The van der Waals surface area contributed by atoms with Crippen LogP contribution in [0.1, 0.15) is 28.8 Å². The van der Waals surface area contributed by atoms with Crippen LogP contribution in [0.25, 0.3) is 0 Å². The van der Waals surface area contributed by atoms with Crippen LogP contribution in [0, 0.1) is 23.0 Å². The minimum absolute atomic E-state index is 0. The largest absolute Gasteiger partial charge is 0.338 e. The number of hydrogen-bond acceptors (Lipinski definition) is 4. The Morgan fingerprint density at radius 1 is 1.52 bits per heavy atom. The van der Waals surface area contributed by atoms with Gasteiger partial charge >= 0.3 is 0 Å². The van der Waals surface area contributed by atoms with E-state index in [1.807, 2.05) is 0 Å². The molecule has 21 heavy (non-hydrogen) atoms. The SMILES string of the molecule is Cc1ccc([N+](=O)[O-])cc1C(=O)N1CCCC(CN)C1.Cl. The summed E-state index contributed by atoms with van der Waals surface area (Å²) in [6, 6.07) is 4.41. The lowest BCUT2D eigenvalue weighted by molar-refractivity contribution is -0.384. The van der Waals surface area contributed by atoms with E-state index in [4.69, 9.17) is 5.73 Å². The van der Waals surface area contributed by atoms with Gasteiger partial charge in [-0.3, -0.25) is 14.9 Å². The number of piperidine rings is 1. The van der Waals surface area contributed by atoms with Crippen LogP contribution in [-0.2, 0) is 0 Å². The van der Waals surface area contributed by atoms with Gasteiger partial charge in [0.15, 0.2) is 0 Å². The lowest BCUT2D eigenvalue weighted by Gasteiger charge is -2.32. The van der Waals surface area contributed by atoms with Crippen LogP contribution in [-0.4, -0.2) is 35.4 Å². The van der Waals surface area contributed by atoms with Crippen molar-refractivity contribution in [1.82, 2.24) is 4.90 Å². The molecule has 1 heterocycles. The Balaban J connectivity index is 0.00000220. The van der Waals surface area contributed by atoms with Crippen molar-refractivity contribution in [2.45, 2.75) is 19.8 Å². The number of hydrogen-bond donors (Lipinski definition) is 1. The van der Waals surface area contributed by atoms with Crippen molar-refractivity contribution in [2.24, 2.45) is 11.7 Å². The van der Waals surface area contributed by atoms with Crippen molar-refractivity contribution in [3.05, 3.63) is 39.4 Å². The Kier molecular flexibility index (Phi) is 6.11. The van der Waals surface area contributed by atoms with Gasteiger partial charge in [-0.15, -0.1) is 12.4 Å². The first-order chi connectivity index (χ1) is 9.52. The minimum Gasteiger partial charge on any atom is -0.338 e. The van der Waals surface area contributed by atoms with Crippen LogP contribution >= 0.6 is 12.4 Å². The Morgan fingerprint density at radius 2 is 2.24 bits per heavy atom. The van der Waals surface area contributed by atoms with Crippen LogP contribution in [0.4, 0.5) is 5.69 Å². The maximum absolute atomic E-state index is 12.5. The van der Waals surface area contributed by atoms with Gasteiger partial charge in [0.05, 0.1) is 4.92 Å². The number of halogens is 1. The molecule has 0 spiro atoms. The summed E-state index contributed by atoms with van der Waals surface area (Å²) in [5.74, 6) is 0.191. The quantitative estimate of drug-likeness (QED) is 0.684. The number of likely N-dealkylation sites (tertiary alicyclic amines) is 1. The molecule has 1 atom stereocenters. The zero-order valence-corrected chi connectivity index (χ0v) is 12.8. The van der Waals surface area contributed by atoms with Gasteiger partial charge in [-0.25, -0.2) is 0 Å². The Hall–Kier alpha value is -1.66. The first-order valence-corrected chi connectivity index (χ1v) is 6.77. The van der Waals surface area contributed by atoms with E-state index in [2.05, 4.69) is 0 Å². The summed E-state index contributed by atoms with van der Waals surface area (Å²) in [5, 5.41) is 10.8. The maximum Gasteiger partial charge on any atom is 0.270 e. The van der Waals surface area contributed by atoms with E-state index < -0.39 is 4.92 Å². The topological polar surface area (TPSA) is 89.5 Å². The number of aryl methyl sites for hydroxylation is 1. The van der Waals surface area contributed by atoms with Crippen LogP contribution in [0.3, 0.4) is 0 Å². The Labute approximate surface area is 129 Å². The van der Waals surface area contributed by atoms with Gasteiger partial charge in [0.1, 0.15) is 0 Å². The van der Waals surface area contributed by atoms with Gasteiger partial charge in [-0.05, 0) is 37.8 Å². The van der Waals surface area contributed by atoms with Crippen molar-refractivity contribution >= 4 is 24.0 Å². The number of carbonyl (C=O) groups is 1. The lowest BCUT2D eigenvalue weighted by Crippen LogP contribution is -2.42. The molecule has 0 bridgehead atoms. The third-order valence-electron chi connectivity index (χ3n) is 3.80. The molecule has 0 radical (unpaired) electrons. The van der Waals surface area contributed by atoms with Crippen LogP contribution < -0.4 is 5.73 Å². The zero-order chi connectivity index (χ0) is 14.7. The first kappa shape index (κ1) is 17.4. The van der Waals surface area contributed by atoms with Gasteiger partial charge in [0.25, 0.3) is 11.6 Å². The molecule has 1 aromatic rings. The summed E-state index contributed by atoms with van der Waals surface area (Å²) in [6.07, 6.45) is 1.97. The summed E-state index contributed by atoms with van der Waals surface area (Å²) in [4.78, 5) is 24.6. The lowest BCUT2D eigenvalue weighted by atomic mass is 9.97. The average Bonchev–Trinajstić information content (AvgIpc) is 2.46. The number of nitro benzene ring substituents is 1. The van der Waals surface area contributed by atoms with Gasteiger partial charge in [-0.1, -0.05) is 6.07 Å². The molecule has 1 aromatic carbocycles. The summed E-state index contributed by atoms with van der Waals surface area (Å²) in [5.41, 5.74) is 6.79. The minimum atomic E-state index is -0.477. The van der Waals surface area contributed by atoms with Gasteiger partial charge < -0.3 is 10.6 Å². The van der Waals surface area contributed by atoms with Gasteiger partial charge in [0, 0.05) is 30.8 Å². The normalized spacial score (nSPS) is 18.0. The number of carbonyl (C=O) groups excluding carboxylic acids is 1. The second-order valence-corrected chi connectivity index (χ2v) is 5.25. The molecule has 116 valence electrons. The molecule has 1 aliphatic rings. The number of benzene rings is 1. The molecule has 0 saturated carbocycles. The molecule has 1 unspecified atom stereocenters. The number of rotatable bonds is 3. The second-order valence-electron chi connectivity index (χ2n) is 5.25. The third kappa shape index (κ3) is 3.92. The van der Waals surface area contributed by atoms with Crippen LogP contribution in [0.15, 0.2) is 18.2 Å². The predicted molar refractivity (Wildman–Crippen MR) is 82.8 cm³/mol. The van der Waals surface area contributed by atoms with Gasteiger partial charge in [0.2, 0.25) is 0 Å². The fraction of sp³-hybridized carbons (Fsp3) is 0.500. The third-order valence-corrected chi connectivity index (χ3v) is 3.80. The number of nitrogens with zero attached hydrogens (tertiary/aromatic N) is 2. The molecule has 2 N–H and O–H groups in total. The van der Waals surface area contributed by atoms with Crippen molar-refractivity contribution in [3.8, 4) is 0 Å². The molecule has 6 nitrogen and oxygen atoms in total. The van der Waals surface area contributed by atoms with Crippen molar-refractivity contribution in [3.63, 3.8) is 0 Å². The Bertz CT molecular complexity index is 536. The van der Waals surface area contributed by atoms with Crippen molar-refractivity contribution in [1.29, 1.82) is 0 Å². The summed E-state index contributed by atoms with van der Waals surface area (Å²) >= 11 is 0. The average molecular weight is 314 g/mol. The molecule has 0 aliphatic carbocycles. The number of nitro groups is 1. The van der Waals surface area contributed by atoms with Crippen molar-refractivity contribution < 1.29 is 9.72 Å². The highest BCUT2D eigenvalue weighted by Gasteiger charge is 2.25. The van der Waals surface area contributed by atoms with Crippen LogP contribution in [0.5, 0.6) is 0 Å². The number of non-ortho nitro benzene ring substituents is 1. The molecule has 1 aliphatic heterocycles. The number of nitrogens with two attached hydrogens (primary N) is 1. The highest BCUT2D eigenvalue weighted by molar-refractivity contribution is 5.96. The summed E-state index contributed by atoms with van der Waals surface area (Å²) < 4.78 is 0. The molecule has 0 aromatic heterocycles. The smallest absolute Gasteiger partial charge is 0.270 e. The predicted octanol–water partition coefficient (Wildman–Crippen LogP) is 2.14. The molecule has 2 rings (SSSR count). The molecule has 7 heteroatoms.